The lowest BCUT2D eigenvalue weighted by Crippen LogP contribution is -2.50. The van der Waals surface area contributed by atoms with Gasteiger partial charge < -0.3 is 15.3 Å². The van der Waals surface area contributed by atoms with Gasteiger partial charge in [-0.05, 0) is 34.9 Å². The van der Waals surface area contributed by atoms with Gasteiger partial charge in [0.2, 0.25) is 0 Å². The van der Waals surface area contributed by atoms with Gasteiger partial charge in [0.05, 0.1) is 5.92 Å². The van der Waals surface area contributed by atoms with E-state index in [9.17, 15) is 4.79 Å². The van der Waals surface area contributed by atoms with Crippen molar-refractivity contribution in [1.29, 1.82) is 0 Å². The summed E-state index contributed by atoms with van der Waals surface area (Å²) in [5.74, 6) is -1.11. The minimum absolute atomic E-state index is 0.0123. The van der Waals surface area contributed by atoms with Crippen LogP contribution in [0.15, 0.2) is 0 Å². The second kappa shape index (κ2) is 5.47. The Bertz CT molecular complexity index is 215. The van der Waals surface area contributed by atoms with Crippen LogP contribution in [0, 0.1) is 5.92 Å². The highest BCUT2D eigenvalue weighted by atomic mass is 16.4. The van der Waals surface area contributed by atoms with Crippen molar-refractivity contribution in [3.05, 3.63) is 0 Å². The zero-order valence-corrected chi connectivity index (χ0v) is 10.7. The van der Waals surface area contributed by atoms with Crippen LogP contribution in [0.1, 0.15) is 27.7 Å². The van der Waals surface area contributed by atoms with E-state index in [0.29, 0.717) is 0 Å². The number of carboxylic acid groups (broad SMARTS) is 1. The fourth-order valence-electron chi connectivity index (χ4n) is 0.960. The van der Waals surface area contributed by atoms with Crippen molar-refractivity contribution in [3.8, 4) is 0 Å². The van der Waals surface area contributed by atoms with Crippen molar-refractivity contribution in [1.82, 2.24) is 10.2 Å². The van der Waals surface area contributed by atoms with Gasteiger partial charge in [0, 0.05) is 18.1 Å². The molecule has 0 aliphatic carbocycles. The minimum Gasteiger partial charge on any atom is -0.481 e. The SMILES string of the molecule is CC(NCC(C)(C)N(C)C)C(C)C(=O)O. The van der Waals surface area contributed by atoms with Crippen molar-refractivity contribution in [2.75, 3.05) is 20.6 Å². The average molecular weight is 216 g/mol. The number of hydrogen-bond donors (Lipinski definition) is 2. The molecule has 4 heteroatoms. The van der Waals surface area contributed by atoms with E-state index in [1.165, 1.54) is 0 Å². The predicted octanol–water partition coefficient (Wildman–Crippen LogP) is 1.03. The topological polar surface area (TPSA) is 52.6 Å². The number of carboxylic acids is 1. The molecule has 0 aromatic rings. The van der Waals surface area contributed by atoms with E-state index in [2.05, 4.69) is 24.1 Å². The first kappa shape index (κ1) is 14.4. The molecule has 2 N–H and O–H groups in total. The largest absolute Gasteiger partial charge is 0.481 e. The Balaban J connectivity index is 4.11. The van der Waals surface area contributed by atoms with Crippen LogP contribution in [0.5, 0.6) is 0 Å². The molecule has 2 atom stereocenters. The Morgan fingerprint density at radius 1 is 1.40 bits per heavy atom. The number of nitrogens with zero attached hydrogens (tertiary/aromatic N) is 1. The summed E-state index contributed by atoms with van der Waals surface area (Å²) in [5, 5.41) is 12.1. The highest BCUT2D eigenvalue weighted by Gasteiger charge is 2.24. The van der Waals surface area contributed by atoms with Crippen LogP contribution >= 0.6 is 0 Å². The molecule has 15 heavy (non-hydrogen) atoms. The van der Waals surface area contributed by atoms with Crippen molar-refractivity contribution in [2.24, 2.45) is 5.92 Å². The molecule has 0 radical (unpaired) electrons. The summed E-state index contributed by atoms with van der Waals surface area (Å²) in [6.45, 7) is 8.66. The molecule has 4 nitrogen and oxygen atoms in total. The lowest BCUT2D eigenvalue weighted by atomic mass is 10.0. The maximum absolute atomic E-state index is 10.7. The van der Waals surface area contributed by atoms with Gasteiger partial charge in [0.15, 0.2) is 0 Å². The number of nitrogens with one attached hydrogen (secondary N) is 1. The lowest BCUT2D eigenvalue weighted by Gasteiger charge is -2.34. The van der Waals surface area contributed by atoms with Crippen LogP contribution in [0.3, 0.4) is 0 Å². The predicted molar refractivity (Wildman–Crippen MR) is 62.0 cm³/mol. The van der Waals surface area contributed by atoms with Gasteiger partial charge >= 0.3 is 5.97 Å². The number of rotatable bonds is 6. The fourth-order valence-corrected chi connectivity index (χ4v) is 0.960. The summed E-state index contributed by atoms with van der Waals surface area (Å²) in [6, 6.07) is -0.0123. The number of aliphatic carboxylic acids is 1. The molecule has 0 aliphatic heterocycles. The van der Waals surface area contributed by atoms with Crippen LogP contribution < -0.4 is 5.32 Å². The highest BCUT2D eigenvalue weighted by molar-refractivity contribution is 5.70. The smallest absolute Gasteiger partial charge is 0.307 e. The van der Waals surface area contributed by atoms with Gasteiger partial charge in [0.25, 0.3) is 0 Å². The summed E-state index contributed by atoms with van der Waals surface area (Å²) >= 11 is 0. The van der Waals surface area contributed by atoms with E-state index in [-0.39, 0.29) is 17.5 Å². The molecule has 0 heterocycles. The maximum Gasteiger partial charge on any atom is 0.307 e. The third-order valence-corrected chi connectivity index (χ3v) is 3.21. The third-order valence-electron chi connectivity index (χ3n) is 3.21. The molecule has 0 bridgehead atoms. The average Bonchev–Trinajstić information content (AvgIpc) is 2.12. The number of hydrogen-bond acceptors (Lipinski definition) is 3. The van der Waals surface area contributed by atoms with Crippen LogP contribution in [0.4, 0.5) is 0 Å². The molecule has 0 saturated heterocycles. The van der Waals surface area contributed by atoms with Crippen LogP contribution in [-0.2, 0) is 4.79 Å². The monoisotopic (exact) mass is 216 g/mol. The number of carbonyl (C=O) groups is 1. The van der Waals surface area contributed by atoms with Crippen LogP contribution in [0.25, 0.3) is 0 Å². The Hall–Kier alpha value is -0.610. The van der Waals surface area contributed by atoms with Crippen LogP contribution in [-0.4, -0.2) is 48.2 Å². The normalized spacial score (nSPS) is 16.5. The summed E-state index contributed by atoms with van der Waals surface area (Å²) < 4.78 is 0. The van der Waals surface area contributed by atoms with E-state index < -0.39 is 5.97 Å². The summed E-state index contributed by atoms with van der Waals surface area (Å²) in [7, 11) is 4.04. The molecule has 0 fully saturated rings. The van der Waals surface area contributed by atoms with Crippen molar-refractivity contribution in [3.63, 3.8) is 0 Å². The van der Waals surface area contributed by atoms with E-state index in [1.54, 1.807) is 6.92 Å². The molecule has 0 spiro atoms. The second-order valence-electron chi connectivity index (χ2n) is 5.00. The Morgan fingerprint density at radius 2 is 1.87 bits per heavy atom. The van der Waals surface area contributed by atoms with E-state index in [0.717, 1.165) is 6.54 Å². The molecular weight excluding hydrogens is 192 g/mol. The van der Waals surface area contributed by atoms with Gasteiger partial charge in [-0.1, -0.05) is 6.92 Å². The summed E-state index contributed by atoms with van der Waals surface area (Å²) in [4.78, 5) is 12.9. The molecular formula is C11H24N2O2. The van der Waals surface area contributed by atoms with Crippen molar-refractivity contribution in [2.45, 2.75) is 39.3 Å². The van der Waals surface area contributed by atoms with E-state index in [1.807, 2.05) is 21.0 Å². The lowest BCUT2D eigenvalue weighted by molar-refractivity contribution is -0.142. The van der Waals surface area contributed by atoms with Gasteiger partial charge in [-0.15, -0.1) is 0 Å². The molecule has 90 valence electrons. The summed E-state index contributed by atoms with van der Waals surface area (Å²) in [6.07, 6.45) is 0. The maximum atomic E-state index is 10.7. The quantitative estimate of drug-likeness (QED) is 0.696. The van der Waals surface area contributed by atoms with Crippen LogP contribution in [0.2, 0.25) is 0 Å². The highest BCUT2D eigenvalue weighted by Crippen LogP contribution is 2.10. The fraction of sp³-hybridized carbons (Fsp3) is 0.909. The molecule has 0 saturated carbocycles. The standard InChI is InChI=1S/C11H24N2O2/c1-8(10(14)15)9(2)12-7-11(3,4)13(5)6/h8-9,12H,7H2,1-6H3,(H,14,15). The molecule has 2 unspecified atom stereocenters. The van der Waals surface area contributed by atoms with E-state index in [4.69, 9.17) is 5.11 Å². The second-order valence-corrected chi connectivity index (χ2v) is 5.00. The zero-order valence-electron chi connectivity index (χ0n) is 10.7. The first-order valence-electron chi connectivity index (χ1n) is 5.32. The molecule has 0 amide bonds. The zero-order chi connectivity index (χ0) is 12.2. The van der Waals surface area contributed by atoms with Crippen molar-refractivity contribution < 1.29 is 9.90 Å². The van der Waals surface area contributed by atoms with Gasteiger partial charge in [-0.25, -0.2) is 0 Å². The molecule has 0 aromatic heterocycles. The first-order valence-corrected chi connectivity index (χ1v) is 5.32. The minimum atomic E-state index is -0.752. The first-order chi connectivity index (χ1) is 6.68. The van der Waals surface area contributed by atoms with Gasteiger partial charge in [-0.3, -0.25) is 4.79 Å². The van der Waals surface area contributed by atoms with Gasteiger partial charge in [0.1, 0.15) is 0 Å². The third kappa shape index (κ3) is 4.62. The Kier molecular flexibility index (Phi) is 5.24. The number of likely N-dealkylation sites (N-methyl/N-ethyl adjacent to an activating group) is 1. The Morgan fingerprint density at radius 3 is 2.20 bits per heavy atom. The molecule has 0 aliphatic rings. The van der Waals surface area contributed by atoms with Gasteiger partial charge in [-0.2, -0.15) is 0 Å². The Labute approximate surface area is 92.7 Å². The molecule has 0 rings (SSSR count). The van der Waals surface area contributed by atoms with E-state index >= 15 is 0 Å². The molecule has 0 aromatic carbocycles. The van der Waals surface area contributed by atoms with Crippen molar-refractivity contribution >= 4 is 5.97 Å². The summed E-state index contributed by atoms with van der Waals surface area (Å²) in [5.41, 5.74) is 0.0342.